The topological polar surface area (TPSA) is 65.1 Å². The summed E-state index contributed by atoms with van der Waals surface area (Å²) in [6.07, 6.45) is 12.2. The van der Waals surface area contributed by atoms with Crippen molar-refractivity contribution in [3.8, 4) is 0 Å². The third-order valence-electron chi connectivity index (χ3n) is 6.33. The number of nitrogens with zero attached hydrogens (tertiary/aromatic N) is 1. The molecule has 1 aromatic rings. The summed E-state index contributed by atoms with van der Waals surface area (Å²) >= 11 is 1.52. The Kier molecular flexibility index (Phi) is 10.2. The Morgan fingerprint density at radius 2 is 2.00 bits per heavy atom. The average molecular weight is 488 g/mol. The van der Waals surface area contributed by atoms with E-state index < -0.39 is 10.8 Å². The first-order chi connectivity index (χ1) is 16.5. The Labute approximate surface area is 207 Å². The maximum atomic E-state index is 14.0. The molecular formula is C27H37NO5S. The second-order valence-corrected chi connectivity index (χ2v) is 10.5. The van der Waals surface area contributed by atoms with Crippen LogP contribution in [0.15, 0.2) is 54.1 Å². The van der Waals surface area contributed by atoms with Crippen molar-refractivity contribution in [1.29, 1.82) is 0 Å². The molecule has 1 saturated heterocycles. The van der Waals surface area contributed by atoms with Gasteiger partial charge in [0.15, 0.2) is 6.29 Å². The summed E-state index contributed by atoms with van der Waals surface area (Å²) in [5, 5.41) is 0. The summed E-state index contributed by atoms with van der Waals surface area (Å²) in [5.74, 6) is 0.421. The minimum absolute atomic E-state index is 0.214. The van der Waals surface area contributed by atoms with Crippen LogP contribution in [0.3, 0.4) is 0 Å². The number of allylic oxidation sites excluding steroid dienone is 3. The van der Waals surface area contributed by atoms with Gasteiger partial charge in [0.1, 0.15) is 11.4 Å². The lowest BCUT2D eigenvalue weighted by atomic mass is 9.96. The minimum atomic E-state index is -0.913. The van der Waals surface area contributed by atoms with E-state index in [1.54, 1.807) is 14.2 Å². The van der Waals surface area contributed by atoms with Gasteiger partial charge in [-0.1, -0.05) is 60.6 Å². The molecule has 0 unspecified atom stereocenters. The van der Waals surface area contributed by atoms with Gasteiger partial charge in [0, 0.05) is 20.6 Å². The molecule has 1 aliphatic carbocycles. The van der Waals surface area contributed by atoms with E-state index in [0.717, 1.165) is 30.4 Å². The molecule has 0 N–H and O–H groups in total. The summed E-state index contributed by atoms with van der Waals surface area (Å²) < 4.78 is 15.1. The third kappa shape index (κ3) is 7.20. The average Bonchev–Trinajstić information content (AvgIpc) is 3.18. The molecule has 2 atom stereocenters. The van der Waals surface area contributed by atoms with Crippen LogP contribution in [0.25, 0.3) is 0 Å². The minimum Gasteiger partial charge on any atom is -0.447 e. The Bertz CT molecular complexity index is 867. The molecule has 3 rings (SSSR count). The van der Waals surface area contributed by atoms with Gasteiger partial charge in [-0.2, -0.15) is 0 Å². The van der Waals surface area contributed by atoms with E-state index in [9.17, 15) is 9.59 Å². The van der Waals surface area contributed by atoms with Gasteiger partial charge in [-0.3, -0.25) is 4.79 Å². The van der Waals surface area contributed by atoms with E-state index in [-0.39, 0.29) is 24.8 Å². The van der Waals surface area contributed by atoms with Gasteiger partial charge in [0.2, 0.25) is 0 Å². The van der Waals surface area contributed by atoms with Crippen molar-refractivity contribution >= 4 is 23.8 Å². The highest BCUT2D eigenvalue weighted by Crippen LogP contribution is 2.35. The third-order valence-corrected chi connectivity index (χ3v) is 7.66. The fourth-order valence-electron chi connectivity index (χ4n) is 4.41. The first-order valence-electron chi connectivity index (χ1n) is 12.1. The maximum Gasteiger partial charge on any atom is 0.417 e. The largest absolute Gasteiger partial charge is 0.447 e. The second-order valence-electron chi connectivity index (χ2n) is 8.96. The number of rotatable bonds is 10. The zero-order valence-electron chi connectivity index (χ0n) is 20.5. The van der Waals surface area contributed by atoms with Gasteiger partial charge < -0.3 is 14.2 Å². The van der Waals surface area contributed by atoms with Crippen LogP contribution < -0.4 is 0 Å². The standard InChI is InChI=1S/C27H37NO5S/c1-27(34-17-16-24(31-2)32-3,19-22-14-8-5-4-6-9-15-22)25(29)28-23(20-33-26(28)30)18-21-12-10-7-11-13-21/h7-8,10-14,19,23-24H,4-6,9,15-18,20H2,1-3H3/b14-8-,22-19-/t23-,27-/m0/s1. The molecular weight excluding hydrogens is 450 g/mol. The van der Waals surface area contributed by atoms with Crippen molar-refractivity contribution in [3.63, 3.8) is 0 Å². The van der Waals surface area contributed by atoms with E-state index in [0.29, 0.717) is 18.6 Å². The quantitative estimate of drug-likeness (QED) is 0.405. The van der Waals surface area contributed by atoms with Crippen LogP contribution in [0, 0.1) is 0 Å². The number of hydrogen-bond acceptors (Lipinski definition) is 6. The number of carbonyl (C=O) groups excluding carboxylic acids is 2. The molecule has 2 amide bonds. The molecule has 0 radical (unpaired) electrons. The number of benzene rings is 1. The number of cyclic esters (lactones) is 1. The van der Waals surface area contributed by atoms with Gasteiger partial charge >= 0.3 is 6.09 Å². The van der Waals surface area contributed by atoms with Crippen LogP contribution in [0.4, 0.5) is 4.79 Å². The number of imide groups is 1. The van der Waals surface area contributed by atoms with Crippen molar-refractivity contribution in [1.82, 2.24) is 4.90 Å². The molecule has 0 spiro atoms. The first kappa shape index (κ1) is 26.5. The fourth-order valence-corrected chi connectivity index (χ4v) is 5.60. The second kappa shape index (κ2) is 13.1. The van der Waals surface area contributed by atoms with Crippen LogP contribution in [-0.4, -0.2) is 60.6 Å². The number of hydrogen-bond donors (Lipinski definition) is 0. The van der Waals surface area contributed by atoms with Crippen LogP contribution in [0.5, 0.6) is 0 Å². The van der Waals surface area contributed by atoms with Crippen molar-refractivity contribution < 1.29 is 23.8 Å². The maximum absolute atomic E-state index is 14.0. The number of amides is 2. The molecule has 0 aromatic heterocycles. The highest BCUT2D eigenvalue weighted by atomic mass is 32.2. The molecule has 2 aliphatic rings. The highest BCUT2D eigenvalue weighted by molar-refractivity contribution is 8.01. The summed E-state index contributed by atoms with van der Waals surface area (Å²) in [7, 11) is 3.22. The monoisotopic (exact) mass is 487 g/mol. The summed E-state index contributed by atoms with van der Waals surface area (Å²) in [6, 6.07) is 9.59. The zero-order chi connectivity index (χ0) is 24.4. The summed E-state index contributed by atoms with van der Waals surface area (Å²) in [6.45, 7) is 2.13. The predicted molar refractivity (Wildman–Crippen MR) is 136 cm³/mol. The Balaban J connectivity index is 1.85. The number of thioether (sulfide) groups is 1. The Morgan fingerprint density at radius 1 is 1.24 bits per heavy atom. The molecule has 1 aliphatic heterocycles. The highest BCUT2D eigenvalue weighted by Gasteiger charge is 2.45. The lowest BCUT2D eigenvalue weighted by Gasteiger charge is -2.31. The Morgan fingerprint density at radius 3 is 2.74 bits per heavy atom. The SMILES string of the molecule is COC(CCS[C@@](C)(/C=C1/C=C\CCCCC1)C(=O)N1C(=O)OC[C@@H]1Cc1ccccc1)OC. The predicted octanol–water partition coefficient (Wildman–Crippen LogP) is 5.52. The van der Waals surface area contributed by atoms with E-state index in [4.69, 9.17) is 14.2 Å². The van der Waals surface area contributed by atoms with Gasteiger partial charge in [-0.15, -0.1) is 11.8 Å². The molecule has 7 heteroatoms. The number of ether oxygens (including phenoxy) is 3. The normalized spacial score (nSPS) is 22.8. The van der Waals surface area contributed by atoms with E-state index in [2.05, 4.69) is 18.2 Å². The molecule has 1 heterocycles. The van der Waals surface area contributed by atoms with Crippen LogP contribution in [0.1, 0.15) is 51.0 Å². The van der Waals surface area contributed by atoms with Crippen LogP contribution in [0.2, 0.25) is 0 Å². The first-order valence-corrected chi connectivity index (χ1v) is 13.1. The molecule has 0 saturated carbocycles. The Hall–Kier alpha value is -2.09. The lowest BCUT2D eigenvalue weighted by Crippen LogP contribution is -2.49. The van der Waals surface area contributed by atoms with Crippen LogP contribution in [-0.2, 0) is 25.4 Å². The molecule has 1 fully saturated rings. The molecule has 186 valence electrons. The lowest BCUT2D eigenvalue weighted by molar-refractivity contribution is -0.130. The zero-order valence-corrected chi connectivity index (χ0v) is 21.4. The van der Waals surface area contributed by atoms with Crippen molar-refractivity contribution in [2.45, 2.75) is 68.9 Å². The number of carbonyl (C=O) groups is 2. The van der Waals surface area contributed by atoms with Crippen molar-refractivity contribution in [2.24, 2.45) is 0 Å². The smallest absolute Gasteiger partial charge is 0.417 e. The van der Waals surface area contributed by atoms with Crippen molar-refractivity contribution in [2.75, 3.05) is 26.6 Å². The molecule has 6 nitrogen and oxygen atoms in total. The van der Waals surface area contributed by atoms with Gasteiger partial charge in [-0.05, 0) is 50.3 Å². The molecule has 34 heavy (non-hydrogen) atoms. The molecule has 0 bridgehead atoms. The van der Waals surface area contributed by atoms with Crippen LogP contribution >= 0.6 is 11.8 Å². The van der Waals surface area contributed by atoms with Gasteiger partial charge in [0.25, 0.3) is 5.91 Å². The van der Waals surface area contributed by atoms with E-state index >= 15 is 0 Å². The summed E-state index contributed by atoms with van der Waals surface area (Å²) in [5.41, 5.74) is 2.22. The van der Waals surface area contributed by atoms with E-state index in [1.165, 1.54) is 29.5 Å². The van der Waals surface area contributed by atoms with Crippen molar-refractivity contribution in [3.05, 3.63) is 59.7 Å². The molecule has 1 aromatic carbocycles. The summed E-state index contributed by atoms with van der Waals surface area (Å²) in [4.78, 5) is 28.1. The van der Waals surface area contributed by atoms with Gasteiger partial charge in [0.05, 0.1) is 6.04 Å². The van der Waals surface area contributed by atoms with E-state index in [1.807, 2.05) is 37.3 Å². The van der Waals surface area contributed by atoms with Gasteiger partial charge in [-0.25, -0.2) is 9.69 Å². The fraction of sp³-hybridized carbons (Fsp3) is 0.556. The number of methoxy groups -OCH3 is 2.